The Morgan fingerprint density at radius 2 is 2.06 bits per heavy atom. The maximum Gasteiger partial charge on any atom is 0.330 e. The van der Waals surface area contributed by atoms with Crippen LogP contribution in [0.3, 0.4) is 0 Å². The second-order valence-electron chi connectivity index (χ2n) is 2.96. The van der Waals surface area contributed by atoms with E-state index in [-0.39, 0.29) is 12.4 Å². The Balaban J connectivity index is 2.74. The van der Waals surface area contributed by atoms with E-state index in [0.29, 0.717) is 11.1 Å². The first kappa shape index (κ1) is 12.0. The predicted molar refractivity (Wildman–Crippen MR) is 55.5 cm³/mol. The van der Waals surface area contributed by atoms with Crippen molar-refractivity contribution < 1.29 is 23.5 Å². The van der Waals surface area contributed by atoms with E-state index in [0.717, 1.165) is 0 Å². The molecular formula is C11H12O5. The van der Waals surface area contributed by atoms with E-state index >= 15 is 0 Å². The molecule has 0 aliphatic carbocycles. The summed E-state index contributed by atoms with van der Waals surface area (Å²) >= 11 is 0. The van der Waals surface area contributed by atoms with Crippen molar-refractivity contribution in [2.45, 2.75) is 6.42 Å². The number of hydrogen-bond acceptors (Lipinski definition) is 5. The molecule has 16 heavy (non-hydrogen) atoms. The number of carbonyl (C=O) groups is 2. The van der Waals surface area contributed by atoms with E-state index in [1.165, 1.54) is 38.9 Å². The zero-order valence-electron chi connectivity index (χ0n) is 9.06. The van der Waals surface area contributed by atoms with Crippen molar-refractivity contribution in [1.82, 2.24) is 0 Å². The van der Waals surface area contributed by atoms with Crippen LogP contribution in [-0.2, 0) is 25.5 Å². The highest BCUT2D eigenvalue weighted by molar-refractivity contribution is 5.87. The molecule has 0 aliphatic rings. The van der Waals surface area contributed by atoms with Crippen molar-refractivity contribution in [3.63, 3.8) is 0 Å². The molecule has 5 nitrogen and oxygen atoms in total. The average molecular weight is 224 g/mol. The lowest BCUT2D eigenvalue weighted by Crippen LogP contribution is -2.04. The van der Waals surface area contributed by atoms with Crippen LogP contribution in [0.25, 0.3) is 6.08 Å². The zero-order chi connectivity index (χ0) is 12.0. The first-order chi connectivity index (χ1) is 7.67. The van der Waals surface area contributed by atoms with Gasteiger partial charge in [0.2, 0.25) is 0 Å². The number of ether oxygens (including phenoxy) is 2. The van der Waals surface area contributed by atoms with Crippen LogP contribution in [0.4, 0.5) is 0 Å². The summed E-state index contributed by atoms with van der Waals surface area (Å²) in [4.78, 5) is 21.9. The van der Waals surface area contributed by atoms with Gasteiger partial charge in [-0.25, -0.2) is 4.79 Å². The molecule has 5 heteroatoms. The molecule has 0 saturated carbocycles. The van der Waals surface area contributed by atoms with Crippen LogP contribution in [0.5, 0.6) is 0 Å². The number of furan rings is 1. The molecule has 0 aliphatic heterocycles. The van der Waals surface area contributed by atoms with E-state index in [2.05, 4.69) is 9.47 Å². The topological polar surface area (TPSA) is 65.7 Å². The van der Waals surface area contributed by atoms with Gasteiger partial charge in [0.05, 0.1) is 33.2 Å². The second-order valence-corrected chi connectivity index (χ2v) is 2.96. The van der Waals surface area contributed by atoms with E-state index in [4.69, 9.17) is 4.42 Å². The highest BCUT2D eigenvalue weighted by Gasteiger charge is 2.08. The van der Waals surface area contributed by atoms with Gasteiger partial charge in [-0.15, -0.1) is 0 Å². The Kier molecular flexibility index (Phi) is 4.32. The van der Waals surface area contributed by atoms with Crippen molar-refractivity contribution in [3.05, 3.63) is 29.7 Å². The fraction of sp³-hybridized carbons (Fsp3) is 0.273. The Labute approximate surface area is 92.6 Å². The largest absolute Gasteiger partial charge is 0.472 e. The molecule has 0 unspecified atom stereocenters. The Bertz CT molecular complexity index is 402. The summed E-state index contributed by atoms with van der Waals surface area (Å²) in [6.45, 7) is 0. The first-order valence-corrected chi connectivity index (χ1v) is 4.55. The Morgan fingerprint density at radius 1 is 1.31 bits per heavy atom. The maximum absolute atomic E-state index is 11.0. The molecule has 1 aromatic heterocycles. The van der Waals surface area contributed by atoms with Crippen LogP contribution in [-0.4, -0.2) is 26.2 Å². The quantitative estimate of drug-likeness (QED) is 0.567. The SMILES string of the molecule is COC(=O)/C=C/c1cocc1CC(=O)OC. The van der Waals surface area contributed by atoms with Gasteiger partial charge in [-0.1, -0.05) is 0 Å². The minimum absolute atomic E-state index is 0.105. The van der Waals surface area contributed by atoms with Crippen molar-refractivity contribution >= 4 is 18.0 Å². The molecule has 1 heterocycles. The summed E-state index contributed by atoms with van der Waals surface area (Å²) in [5, 5.41) is 0. The van der Waals surface area contributed by atoms with Gasteiger partial charge in [-0.3, -0.25) is 4.79 Å². The normalized spacial score (nSPS) is 10.4. The summed E-state index contributed by atoms with van der Waals surface area (Å²) in [6.07, 6.45) is 5.76. The molecule has 0 spiro atoms. The molecule has 0 bridgehead atoms. The predicted octanol–water partition coefficient (Wildman–Crippen LogP) is 1.18. The van der Waals surface area contributed by atoms with Crippen molar-refractivity contribution in [1.29, 1.82) is 0 Å². The number of carbonyl (C=O) groups excluding carboxylic acids is 2. The highest BCUT2D eigenvalue weighted by Crippen LogP contribution is 2.13. The van der Waals surface area contributed by atoms with Crippen LogP contribution in [0.15, 0.2) is 23.0 Å². The molecule has 0 saturated heterocycles. The van der Waals surface area contributed by atoms with E-state index in [9.17, 15) is 9.59 Å². The monoisotopic (exact) mass is 224 g/mol. The molecule has 0 radical (unpaired) electrons. The number of methoxy groups -OCH3 is 2. The summed E-state index contributed by atoms with van der Waals surface area (Å²) < 4.78 is 13.9. The van der Waals surface area contributed by atoms with Crippen LogP contribution < -0.4 is 0 Å². The number of hydrogen-bond donors (Lipinski definition) is 0. The van der Waals surface area contributed by atoms with Gasteiger partial charge >= 0.3 is 11.9 Å². The standard InChI is InChI=1S/C11H12O5/c1-14-10(12)4-3-8-6-16-7-9(8)5-11(13)15-2/h3-4,6-7H,5H2,1-2H3/b4-3+. The second kappa shape index (κ2) is 5.75. The molecule has 0 atom stereocenters. The smallest absolute Gasteiger partial charge is 0.330 e. The first-order valence-electron chi connectivity index (χ1n) is 4.55. The van der Waals surface area contributed by atoms with Gasteiger partial charge in [0.15, 0.2) is 0 Å². The fourth-order valence-electron chi connectivity index (χ4n) is 1.08. The minimum atomic E-state index is -0.467. The van der Waals surface area contributed by atoms with Gasteiger partial charge in [-0.05, 0) is 6.08 Å². The minimum Gasteiger partial charge on any atom is -0.472 e. The molecule has 86 valence electrons. The molecule has 0 amide bonds. The van der Waals surface area contributed by atoms with Gasteiger partial charge in [-0.2, -0.15) is 0 Å². The molecule has 0 N–H and O–H groups in total. The van der Waals surface area contributed by atoms with Gasteiger partial charge in [0.25, 0.3) is 0 Å². The van der Waals surface area contributed by atoms with Crippen LogP contribution in [0.2, 0.25) is 0 Å². The highest BCUT2D eigenvalue weighted by atomic mass is 16.5. The third-order valence-electron chi connectivity index (χ3n) is 1.94. The van der Waals surface area contributed by atoms with Crippen LogP contribution in [0, 0.1) is 0 Å². The Morgan fingerprint density at radius 3 is 2.69 bits per heavy atom. The van der Waals surface area contributed by atoms with Crippen molar-refractivity contribution in [3.8, 4) is 0 Å². The lowest BCUT2D eigenvalue weighted by atomic mass is 10.1. The third kappa shape index (κ3) is 3.27. The Hall–Kier alpha value is -2.04. The molecule has 1 aromatic rings. The lowest BCUT2D eigenvalue weighted by Gasteiger charge is -1.97. The third-order valence-corrected chi connectivity index (χ3v) is 1.94. The molecule has 0 fully saturated rings. The number of esters is 2. The van der Waals surface area contributed by atoms with E-state index in [1.54, 1.807) is 0 Å². The number of rotatable bonds is 4. The zero-order valence-corrected chi connectivity index (χ0v) is 9.06. The average Bonchev–Trinajstić information content (AvgIpc) is 2.73. The van der Waals surface area contributed by atoms with E-state index < -0.39 is 5.97 Å². The maximum atomic E-state index is 11.0. The summed E-state index contributed by atoms with van der Waals surface area (Å²) in [5.74, 6) is -0.834. The van der Waals surface area contributed by atoms with Crippen molar-refractivity contribution in [2.24, 2.45) is 0 Å². The van der Waals surface area contributed by atoms with Crippen LogP contribution in [0.1, 0.15) is 11.1 Å². The summed E-state index contributed by atoms with van der Waals surface area (Å²) in [5.41, 5.74) is 1.31. The lowest BCUT2D eigenvalue weighted by molar-refractivity contribution is -0.139. The molecule has 0 aromatic carbocycles. The van der Waals surface area contributed by atoms with Gasteiger partial charge in [0, 0.05) is 17.2 Å². The van der Waals surface area contributed by atoms with Gasteiger partial charge < -0.3 is 13.9 Å². The molecular weight excluding hydrogens is 212 g/mol. The van der Waals surface area contributed by atoms with Crippen molar-refractivity contribution in [2.75, 3.05) is 14.2 Å². The summed E-state index contributed by atoms with van der Waals surface area (Å²) in [6, 6.07) is 0. The van der Waals surface area contributed by atoms with E-state index in [1.807, 2.05) is 0 Å². The fourth-order valence-corrected chi connectivity index (χ4v) is 1.08. The van der Waals surface area contributed by atoms with Crippen LogP contribution >= 0.6 is 0 Å². The summed E-state index contributed by atoms with van der Waals surface area (Å²) in [7, 11) is 2.60. The van der Waals surface area contributed by atoms with Gasteiger partial charge in [0.1, 0.15) is 0 Å². The molecule has 1 rings (SSSR count).